The van der Waals surface area contributed by atoms with Gasteiger partial charge in [-0.25, -0.2) is 9.37 Å². The monoisotopic (exact) mass is 632 g/mol. The van der Waals surface area contributed by atoms with Gasteiger partial charge in [0.25, 0.3) is 5.91 Å². The SMILES string of the molecule is COc1nccc(-c2c(C(=O)Nc3ccccc3)c(C(C)C)n(CC[C@@H](O)C[C@@H](O)CC(=O)O)c2-c2ccc(F)cc2)n1.[CaH2]. The van der Waals surface area contributed by atoms with Gasteiger partial charge in [-0.2, -0.15) is 4.98 Å². The Labute approximate surface area is 284 Å². The standard InChI is InChI=1S/C32H35FN4O6.Ca.2H/c1-19(2)29-28(31(42)35-22-7-5-4-6-8-22)27(25-13-15-34-32(36-25)43-3)30(20-9-11-21(33)12-10-20)37(29)16-14-23(38)17-24(39)18-26(40)41;;;/h4-13,15,19,23-24,38-39H,14,16-18H2,1-3H3,(H,35,42)(H,40,41);;;/t23-,24-;;;/m1.../s1. The third-order valence-electron chi connectivity index (χ3n) is 6.94. The van der Waals surface area contributed by atoms with E-state index in [1.54, 1.807) is 30.3 Å². The quantitative estimate of drug-likeness (QED) is 0.161. The molecule has 0 aliphatic carbocycles. The van der Waals surface area contributed by atoms with Gasteiger partial charge in [-0.1, -0.05) is 32.0 Å². The van der Waals surface area contributed by atoms with Crippen molar-refractivity contribution in [2.75, 3.05) is 12.4 Å². The third kappa shape index (κ3) is 8.64. The topological polar surface area (TPSA) is 147 Å². The number of nitrogens with zero attached hydrogens (tertiary/aromatic N) is 3. The minimum absolute atomic E-state index is 0. The van der Waals surface area contributed by atoms with E-state index >= 15 is 0 Å². The molecule has 0 fully saturated rings. The molecule has 0 aliphatic heterocycles. The molecular formula is C32H37CaFN4O6. The van der Waals surface area contributed by atoms with Crippen molar-refractivity contribution in [3.8, 4) is 28.5 Å². The zero-order chi connectivity index (χ0) is 31.1. The summed E-state index contributed by atoms with van der Waals surface area (Å²) in [7, 11) is 1.44. The van der Waals surface area contributed by atoms with Crippen molar-refractivity contribution in [1.29, 1.82) is 0 Å². The van der Waals surface area contributed by atoms with E-state index in [1.165, 1.54) is 25.4 Å². The fraction of sp³-hybridized carbons (Fsp3) is 0.312. The number of hydrogen-bond donors (Lipinski definition) is 4. The van der Waals surface area contributed by atoms with Gasteiger partial charge in [0.15, 0.2) is 0 Å². The van der Waals surface area contributed by atoms with Gasteiger partial charge in [-0.15, -0.1) is 0 Å². The second-order valence-corrected chi connectivity index (χ2v) is 10.5. The molecule has 0 saturated heterocycles. The van der Waals surface area contributed by atoms with Crippen LogP contribution in [0.1, 0.15) is 55.1 Å². The number of aromatic nitrogens is 3. The summed E-state index contributed by atoms with van der Waals surface area (Å²) in [5, 5.41) is 32.8. The molecule has 44 heavy (non-hydrogen) atoms. The molecule has 2 aromatic heterocycles. The number of carboxylic acid groups (broad SMARTS) is 1. The van der Waals surface area contributed by atoms with Gasteiger partial charge in [0.2, 0.25) is 0 Å². The van der Waals surface area contributed by atoms with E-state index in [-0.39, 0.29) is 75.0 Å². The Morgan fingerprint density at radius 3 is 2.32 bits per heavy atom. The van der Waals surface area contributed by atoms with E-state index in [2.05, 4.69) is 15.3 Å². The summed E-state index contributed by atoms with van der Waals surface area (Å²) in [6.45, 7) is 4.09. The number of aliphatic carboxylic acids is 1. The fourth-order valence-corrected chi connectivity index (χ4v) is 5.15. The average Bonchev–Trinajstić information content (AvgIpc) is 3.32. The van der Waals surface area contributed by atoms with Crippen LogP contribution in [0.5, 0.6) is 6.01 Å². The van der Waals surface area contributed by atoms with Crippen LogP contribution in [0.25, 0.3) is 22.5 Å². The summed E-state index contributed by atoms with van der Waals surface area (Å²) in [6.07, 6.45) is -1.19. The number of aliphatic hydroxyl groups is 2. The van der Waals surface area contributed by atoms with Crippen LogP contribution < -0.4 is 10.1 Å². The first-order chi connectivity index (χ1) is 20.6. The van der Waals surface area contributed by atoms with Crippen LogP contribution in [0.15, 0.2) is 66.9 Å². The number of ether oxygens (including phenoxy) is 1. The van der Waals surface area contributed by atoms with Gasteiger partial charge in [0.05, 0.1) is 42.7 Å². The Morgan fingerprint density at radius 2 is 1.70 bits per heavy atom. The number of benzene rings is 2. The van der Waals surface area contributed by atoms with Gasteiger partial charge in [-0.3, -0.25) is 9.59 Å². The van der Waals surface area contributed by atoms with E-state index in [9.17, 15) is 24.2 Å². The number of para-hydroxylation sites is 1. The van der Waals surface area contributed by atoms with E-state index in [0.717, 1.165) is 0 Å². The number of nitrogens with one attached hydrogen (secondary N) is 1. The number of methoxy groups -OCH3 is 1. The van der Waals surface area contributed by atoms with Crippen LogP contribution in [-0.4, -0.2) is 98.8 Å². The first-order valence-electron chi connectivity index (χ1n) is 13.9. The zero-order valence-electron chi connectivity index (χ0n) is 24.2. The Balaban J connectivity index is 0.00000529. The molecule has 4 N–H and O–H groups in total. The van der Waals surface area contributed by atoms with Crippen molar-refractivity contribution >= 4 is 55.3 Å². The zero-order valence-corrected chi connectivity index (χ0v) is 24.2. The first kappa shape index (κ1) is 35.1. The summed E-state index contributed by atoms with van der Waals surface area (Å²) >= 11 is 0. The maximum absolute atomic E-state index is 14.1. The Bertz CT molecular complexity index is 1560. The molecule has 2 heterocycles. The number of carboxylic acids is 1. The maximum atomic E-state index is 14.1. The molecule has 0 aliphatic rings. The number of halogens is 1. The molecule has 2 atom stereocenters. The molecule has 12 heteroatoms. The van der Waals surface area contributed by atoms with Gasteiger partial charge >= 0.3 is 49.7 Å². The number of rotatable bonds is 13. The molecule has 0 bridgehead atoms. The predicted molar refractivity (Wildman–Crippen MR) is 168 cm³/mol. The summed E-state index contributed by atoms with van der Waals surface area (Å²) < 4.78 is 21.3. The Kier molecular flexibility index (Phi) is 12.9. The number of hydrogen-bond acceptors (Lipinski definition) is 7. The van der Waals surface area contributed by atoms with E-state index in [0.29, 0.717) is 39.5 Å². The summed E-state index contributed by atoms with van der Waals surface area (Å²) in [5.41, 5.74) is 3.65. The Morgan fingerprint density at radius 1 is 1.02 bits per heavy atom. The van der Waals surface area contributed by atoms with Crippen LogP contribution in [-0.2, 0) is 11.3 Å². The molecule has 4 rings (SSSR count). The molecule has 0 spiro atoms. The second kappa shape index (κ2) is 16.1. The number of amides is 1. The van der Waals surface area contributed by atoms with Crippen molar-refractivity contribution in [2.45, 2.75) is 57.8 Å². The van der Waals surface area contributed by atoms with E-state index < -0.39 is 30.4 Å². The molecule has 230 valence electrons. The molecule has 4 aromatic rings. The van der Waals surface area contributed by atoms with Crippen molar-refractivity contribution in [3.05, 3.63) is 83.9 Å². The second-order valence-electron chi connectivity index (χ2n) is 10.5. The normalized spacial score (nSPS) is 12.3. The van der Waals surface area contributed by atoms with Crippen molar-refractivity contribution < 1.29 is 34.0 Å². The van der Waals surface area contributed by atoms with Crippen LogP contribution in [0.3, 0.4) is 0 Å². The van der Waals surface area contributed by atoms with E-state index in [4.69, 9.17) is 9.84 Å². The summed E-state index contributed by atoms with van der Waals surface area (Å²) in [5.74, 6) is -2.17. The fourth-order valence-electron chi connectivity index (χ4n) is 5.15. The summed E-state index contributed by atoms with van der Waals surface area (Å²) in [4.78, 5) is 33.8. The van der Waals surface area contributed by atoms with Gasteiger partial charge in [0, 0.05) is 29.7 Å². The first-order valence-corrected chi connectivity index (χ1v) is 13.9. The molecule has 2 aromatic carbocycles. The minimum atomic E-state index is -1.21. The van der Waals surface area contributed by atoms with Crippen molar-refractivity contribution in [2.24, 2.45) is 0 Å². The van der Waals surface area contributed by atoms with Crippen LogP contribution in [0, 0.1) is 5.82 Å². The average molecular weight is 633 g/mol. The third-order valence-corrected chi connectivity index (χ3v) is 6.94. The van der Waals surface area contributed by atoms with Gasteiger partial charge in [-0.05, 0) is 66.8 Å². The number of aliphatic hydroxyl groups excluding tert-OH is 2. The molecule has 10 nitrogen and oxygen atoms in total. The van der Waals surface area contributed by atoms with Gasteiger partial charge < -0.3 is 29.9 Å². The van der Waals surface area contributed by atoms with Gasteiger partial charge in [0.1, 0.15) is 5.82 Å². The summed E-state index contributed by atoms with van der Waals surface area (Å²) in [6, 6.07) is 16.6. The predicted octanol–water partition coefficient (Wildman–Crippen LogP) is 4.20. The van der Waals surface area contributed by atoms with Crippen LogP contribution in [0.4, 0.5) is 10.1 Å². The van der Waals surface area contributed by atoms with Crippen molar-refractivity contribution in [1.82, 2.24) is 14.5 Å². The van der Waals surface area contributed by atoms with Crippen LogP contribution in [0.2, 0.25) is 0 Å². The molecule has 0 unspecified atom stereocenters. The molecule has 1 amide bonds. The number of carbonyl (C=O) groups is 2. The number of anilines is 1. The van der Waals surface area contributed by atoms with Crippen LogP contribution >= 0.6 is 0 Å². The van der Waals surface area contributed by atoms with E-state index in [1.807, 2.05) is 36.6 Å². The molecule has 0 radical (unpaired) electrons. The van der Waals surface area contributed by atoms with Crippen molar-refractivity contribution in [3.63, 3.8) is 0 Å². The molecular weight excluding hydrogens is 595 g/mol. The Hall–Kier alpha value is -3.35. The molecule has 0 saturated carbocycles. The number of carbonyl (C=O) groups excluding carboxylic acids is 1.